The number of nitrogens with zero attached hydrogens (tertiary/aromatic N) is 2. The summed E-state index contributed by atoms with van der Waals surface area (Å²) in [6, 6.07) is 14.0. The van der Waals surface area contributed by atoms with Crippen LogP contribution < -0.4 is 10.1 Å². The van der Waals surface area contributed by atoms with Gasteiger partial charge in [-0.3, -0.25) is 9.69 Å². The van der Waals surface area contributed by atoms with Gasteiger partial charge in [0.15, 0.2) is 0 Å². The Morgan fingerprint density at radius 2 is 1.66 bits per heavy atom. The molecule has 0 bridgehead atoms. The van der Waals surface area contributed by atoms with Crippen LogP contribution in [0.2, 0.25) is 0 Å². The van der Waals surface area contributed by atoms with Gasteiger partial charge in [0, 0.05) is 31.9 Å². The zero-order valence-electron chi connectivity index (χ0n) is 19.2. The fourth-order valence-corrected chi connectivity index (χ4v) is 5.31. The fourth-order valence-electron chi connectivity index (χ4n) is 3.89. The van der Waals surface area contributed by atoms with Gasteiger partial charge in [-0.15, -0.1) is 0 Å². The van der Waals surface area contributed by atoms with Crippen molar-refractivity contribution in [3.05, 3.63) is 54.1 Å². The minimum Gasteiger partial charge on any atom is -0.497 e. The van der Waals surface area contributed by atoms with Crippen LogP contribution in [0.25, 0.3) is 0 Å². The van der Waals surface area contributed by atoms with E-state index in [9.17, 15) is 13.2 Å². The predicted octanol–water partition coefficient (Wildman–Crippen LogP) is 3.54. The number of sulfonamides is 1. The van der Waals surface area contributed by atoms with Crippen molar-refractivity contribution in [3.8, 4) is 5.75 Å². The van der Waals surface area contributed by atoms with Crippen LogP contribution >= 0.6 is 0 Å². The average molecular weight is 460 g/mol. The van der Waals surface area contributed by atoms with E-state index in [0.29, 0.717) is 37.8 Å². The number of hydrogen-bond donors (Lipinski definition) is 1. The first-order valence-corrected chi connectivity index (χ1v) is 12.5. The number of anilines is 1. The number of methoxy groups -OCH3 is 1. The second-order valence-corrected chi connectivity index (χ2v) is 10.1. The van der Waals surface area contributed by atoms with E-state index >= 15 is 0 Å². The Kier molecular flexibility index (Phi) is 7.92. The van der Waals surface area contributed by atoms with Crippen molar-refractivity contribution < 1.29 is 17.9 Å². The lowest BCUT2D eigenvalue weighted by atomic mass is 9.97. The summed E-state index contributed by atoms with van der Waals surface area (Å²) < 4.78 is 32.5. The fraction of sp³-hybridized carbons (Fsp3) is 0.458. The number of rotatable bonds is 8. The van der Waals surface area contributed by atoms with Gasteiger partial charge >= 0.3 is 0 Å². The molecule has 1 saturated heterocycles. The number of carbonyl (C=O) groups is 1. The summed E-state index contributed by atoms with van der Waals surface area (Å²) in [5.41, 5.74) is 1.98. The zero-order chi connectivity index (χ0) is 23.3. The molecule has 2 atom stereocenters. The highest BCUT2D eigenvalue weighted by atomic mass is 32.2. The number of nitrogens with one attached hydrogen (secondary N) is 1. The van der Waals surface area contributed by atoms with Gasteiger partial charge in [-0.25, -0.2) is 8.42 Å². The summed E-state index contributed by atoms with van der Waals surface area (Å²) in [4.78, 5) is 15.2. The van der Waals surface area contributed by atoms with Crippen molar-refractivity contribution in [1.29, 1.82) is 0 Å². The van der Waals surface area contributed by atoms with Crippen LogP contribution in [0.5, 0.6) is 5.75 Å². The summed E-state index contributed by atoms with van der Waals surface area (Å²) >= 11 is 0. The van der Waals surface area contributed by atoms with E-state index in [1.165, 1.54) is 4.31 Å². The Morgan fingerprint density at radius 1 is 1.03 bits per heavy atom. The Labute approximate surface area is 191 Å². The van der Waals surface area contributed by atoms with Crippen molar-refractivity contribution in [2.24, 2.45) is 0 Å². The lowest BCUT2D eigenvalue weighted by Gasteiger charge is -2.36. The molecule has 8 heteroatoms. The molecule has 3 rings (SSSR count). The van der Waals surface area contributed by atoms with Crippen molar-refractivity contribution in [2.45, 2.75) is 44.0 Å². The minimum absolute atomic E-state index is 0.0767. The summed E-state index contributed by atoms with van der Waals surface area (Å²) in [6.07, 6.45) is 0.993. The molecule has 174 valence electrons. The molecule has 0 aromatic heterocycles. The van der Waals surface area contributed by atoms with Crippen LogP contribution in [0.3, 0.4) is 0 Å². The third-order valence-electron chi connectivity index (χ3n) is 6.26. The monoisotopic (exact) mass is 459 g/mol. The van der Waals surface area contributed by atoms with Gasteiger partial charge in [0.25, 0.3) is 0 Å². The zero-order valence-corrected chi connectivity index (χ0v) is 20.1. The highest BCUT2D eigenvalue weighted by Gasteiger charge is 2.32. The SMILES string of the molecule is CC[C@H](C)c1ccccc1NC(=O)[C@@H](C)N1CCN(S(=O)(=O)c2ccc(OC)cc2)CC1. The maximum absolute atomic E-state index is 13.0. The molecule has 1 aliphatic heterocycles. The number of carbonyl (C=O) groups excluding carboxylic acids is 1. The standard InChI is InChI=1S/C24H33N3O4S/c1-5-18(2)22-8-6-7-9-23(22)25-24(28)19(3)26-14-16-27(17-15-26)32(29,30)21-12-10-20(31-4)11-13-21/h6-13,18-19H,5,14-17H2,1-4H3,(H,25,28)/t18-,19+/m0/s1. The number of hydrogen-bond acceptors (Lipinski definition) is 5. The largest absolute Gasteiger partial charge is 0.497 e. The first-order valence-electron chi connectivity index (χ1n) is 11.1. The van der Waals surface area contributed by atoms with Gasteiger partial charge in [-0.2, -0.15) is 4.31 Å². The topological polar surface area (TPSA) is 79.0 Å². The first kappa shape index (κ1) is 24.2. The van der Waals surface area contributed by atoms with Gasteiger partial charge in [0.05, 0.1) is 18.0 Å². The van der Waals surface area contributed by atoms with Gasteiger partial charge in [0.1, 0.15) is 5.75 Å². The van der Waals surface area contributed by atoms with E-state index in [0.717, 1.165) is 17.7 Å². The van der Waals surface area contributed by atoms with E-state index < -0.39 is 10.0 Å². The second-order valence-electron chi connectivity index (χ2n) is 8.18. The third kappa shape index (κ3) is 5.31. The quantitative estimate of drug-likeness (QED) is 0.653. The minimum atomic E-state index is -3.57. The summed E-state index contributed by atoms with van der Waals surface area (Å²) in [6.45, 7) is 7.83. The Morgan fingerprint density at radius 3 is 2.25 bits per heavy atom. The van der Waals surface area contributed by atoms with Gasteiger partial charge in [-0.05, 0) is 55.2 Å². The molecule has 1 amide bonds. The van der Waals surface area contributed by atoms with E-state index in [1.807, 2.05) is 30.0 Å². The Bertz CT molecular complexity index is 1020. The maximum Gasteiger partial charge on any atom is 0.243 e. The normalized spacial score (nSPS) is 17.5. The first-order chi connectivity index (χ1) is 15.3. The molecular weight excluding hydrogens is 426 g/mol. The van der Waals surface area contributed by atoms with E-state index in [1.54, 1.807) is 31.4 Å². The van der Waals surface area contributed by atoms with Crippen LogP contribution in [0.1, 0.15) is 38.7 Å². The number of para-hydroxylation sites is 1. The molecule has 0 spiro atoms. The van der Waals surface area contributed by atoms with Crippen LogP contribution in [0, 0.1) is 0 Å². The summed E-state index contributed by atoms with van der Waals surface area (Å²) in [7, 11) is -2.03. The number of benzene rings is 2. The smallest absolute Gasteiger partial charge is 0.243 e. The number of amides is 1. The predicted molar refractivity (Wildman–Crippen MR) is 127 cm³/mol. The van der Waals surface area contributed by atoms with Crippen molar-refractivity contribution in [2.75, 3.05) is 38.6 Å². The third-order valence-corrected chi connectivity index (χ3v) is 8.17. The molecule has 0 aliphatic carbocycles. The molecule has 32 heavy (non-hydrogen) atoms. The molecule has 1 N–H and O–H groups in total. The van der Waals surface area contributed by atoms with E-state index in [4.69, 9.17) is 4.74 Å². The number of ether oxygens (including phenoxy) is 1. The van der Waals surface area contributed by atoms with Gasteiger partial charge in [-0.1, -0.05) is 32.0 Å². The molecule has 0 radical (unpaired) electrons. The average Bonchev–Trinajstić information content (AvgIpc) is 2.83. The van der Waals surface area contributed by atoms with E-state index in [-0.39, 0.29) is 16.8 Å². The highest BCUT2D eigenvalue weighted by Crippen LogP contribution is 2.27. The maximum atomic E-state index is 13.0. The van der Waals surface area contributed by atoms with Crippen LogP contribution in [0.15, 0.2) is 53.4 Å². The summed E-state index contributed by atoms with van der Waals surface area (Å²) in [5.74, 6) is 0.893. The lowest BCUT2D eigenvalue weighted by Crippen LogP contribution is -2.53. The second kappa shape index (κ2) is 10.5. The molecule has 1 aliphatic rings. The van der Waals surface area contributed by atoms with Gasteiger partial charge in [0.2, 0.25) is 15.9 Å². The lowest BCUT2D eigenvalue weighted by molar-refractivity contribution is -0.121. The van der Waals surface area contributed by atoms with Crippen molar-refractivity contribution >= 4 is 21.6 Å². The van der Waals surface area contributed by atoms with Crippen molar-refractivity contribution in [1.82, 2.24) is 9.21 Å². The molecule has 1 fully saturated rings. The Hall–Kier alpha value is -2.42. The van der Waals surface area contributed by atoms with E-state index in [2.05, 4.69) is 25.2 Å². The highest BCUT2D eigenvalue weighted by molar-refractivity contribution is 7.89. The molecule has 0 saturated carbocycles. The summed E-state index contributed by atoms with van der Waals surface area (Å²) in [5, 5.41) is 3.08. The van der Waals surface area contributed by atoms with Crippen LogP contribution in [-0.2, 0) is 14.8 Å². The Balaban J connectivity index is 1.61. The van der Waals surface area contributed by atoms with Crippen LogP contribution in [0.4, 0.5) is 5.69 Å². The number of piperazine rings is 1. The van der Waals surface area contributed by atoms with Gasteiger partial charge < -0.3 is 10.1 Å². The molecule has 7 nitrogen and oxygen atoms in total. The molecule has 2 aromatic carbocycles. The molecule has 2 aromatic rings. The van der Waals surface area contributed by atoms with Crippen LogP contribution in [-0.4, -0.2) is 62.9 Å². The van der Waals surface area contributed by atoms with Crippen molar-refractivity contribution in [3.63, 3.8) is 0 Å². The molecular formula is C24H33N3O4S. The molecule has 0 unspecified atom stereocenters. The molecule has 1 heterocycles.